The minimum atomic E-state index is -3.87. The van der Waals surface area contributed by atoms with Crippen molar-refractivity contribution in [3.05, 3.63) is 65.9 Å². The number of nitrogens with zero attached hydrogens (tertiary/aromatic N) is 4. The first-order chi connectivity index (χ1) is 14.9. The molecule has 1 aliphatic rings. The second-order valence-corrected chi connectivity index (χ2v) is 8.96. The molecule has 2 heterocycles. The van der Waals surface area contributed by atoms with Crippen LogP contribution in [0.5, 0.6) is 0 Å². The van der Waals surface area contributed by atoms with Gasteiger partial charge in [-0.15, -0.1) is 0 Å². The fourth-order valence-electron chi connectivity index (χ4n) is 3.45. The molecule has 0 radical (unpaired) electrons. The summed E-state index contributed by atoms with van der Waals surface area (Å²) in [6, 6.07) is 16.7. The summed E-state index contributed by atoms with van der Waals surface area (Å²) >= 11 is 0. The third-order valence-electron chi connectivity index (χ3n) is 4.94. The number of anilines is 4. The van der Waals surface area contributed by atoms with Gasteiger partial charge in [0, 0.05) is 36.2 Å². The van der Waals surface area contributed by atoms with E-state index < -0.39 is 10.0 Å². The quantitative estimate of drug-likeness (QED) is 0.607. The smallest absolute Gasteiger partial charge is 0.263 e. The highest BCUT2D eigenvalue weighted by Crippen LogP contribution is 2.24. The summed E-state index contributed by atoms with van der Waals surface area (Å²) in [6.45, 7) is 3.86. The molecule has 2 N–H and O–H groups in total. The Morgan fingerprint density at radius 3 is 2.39 bits per heavy atom. The summed E-state index contributed by atoms with van der Waals surface area (Å²) in [5.74, 6) is 1.41. The van der Waals surface area contributed by atoms with E-state index in [1.807, 2.05) is 19.1 Å². The lowest BCUT2D eigenvalue weighted by Gasteiger charge is -2.17. The van der Waals surface area contributed by atoms with Gasteiger partial charge in [-0.05, 0) is 56.2 Å². The SMILES string of the molecule is Cc1cc(Nc2ccc(NS(=O)(=O)c3ccccc3C#N)cc2)nc(N2CCCC2)n1. The fourth-order valence-corrected chi connectivity index (χ4v) is 4.67. The molecule has 158 valence electrons. The van der Waals surface area contributed by atoms with Crippen molar-refractivity contribution in [2.24, 2.45) is 0 Å². The average molecular weight is 435 g/mol. The van der Waals surface area contributed by atoms with Crippen molar-refractivity contribution in [1.29, 1.82) is 5.26 Å². The molecule has 0 amide bonds. The van der Waals surface area contributed by atoms with E-state index in [0.29, 0.717) is 11.5 Å². The number of benzene rings is 2. The van der Waals surface area contributed by atoms with Gasteiger partial charge in [-0.2, -0.15) is 10.2 Å². The molecule has 0 spiro atoms. The fraction of sp³-hybridized carbons (Fsp3) is 0.227. The van der Waals surface area contributed by atoms with Crippen LogP contribution in [0.2, 0.25) is 0 Å². The topological polar surface area (TPSA) is 111 Å². The predicted molar refractivity (Wildman–Crippen MR) is 120 cm³/mol. The van der Waals surface area contributed by atoms with Gasteiger partial charge in [0.1, 0.15) is 16.8 Å². The highest BCUT2D eigenvalue weighted by atomic mass is 32.2. The van der Waals surface area contributed by atoms with Crippen LogP contribution in [0, 0.1) is 18.3 Å². The highest BCUT2D eigenvalue weighted by Gasteiger charge is 2.18. The van der Waals surface area contributed by atoms with Crippen molar-refractivity contribution in [2.45, 2.75) is 24.7 Å². The molecular weight excluding hydrogens is 412 g/mol. The van der Waals surface area contributed by atoms with Crippen molar-refractivity contribution in [2.75, 3.05) is 28.0 Å². The van der Waals surface area contributed by atoms with E-state index in [1.165, 1.54) is 12.1 Å². The van der Waals surface area contributed by atoms with Crippen molar-refractivity contribution >= 4 is 33.2 Å². The van der Waals surface area contributed by atoms with E-state index in [9.17, 15) is 8.42 Å². The van der Waals surface area contributed by atoms with Crippen LogP contribution in [0.25, 0.3) is 0 Å². The average Bonchev–Trinajstić information content (AvgIpc) is 3.30. The van der Waals surface area contributed by atoms with Crippen LogP contribution in [0.15, 0.2) is 59.5 Å². The molecule has 0 aliphatic carbocycles. The Kier molecular flexibility index (Phi) is 5.73. The summed E-state index contributed by atoms with van der Waals surface area (Å²) < 4.78 is 27.8. The number of nitriles is 1. The number of rotatable bonds is 6. The van der Waals surface area contributed by atoms with Crippen LogP contribution >= 0.6 is 0 Å². The molecule has 1 aromatic heterocycles. The van der Waals surface area contributed by atoms with Gasteiger partial charge in [-0.25, -0.2) is 13.4 Å². The minimum Gasteiger partial charge on any atom is -0.341 e. The van der Waals surface area contributed by atoms with E-state index in [1.54, 1.807) is 36.4 Å². The molecule has 9 heteroatoms. The van der Waals surface area contributed by atoms with Crippen LogP contribution in [-0.2, 0) is 10.0 Å². The molecule has 8 nitrogen and oxygen atoms in total. The van der Waals surface area contributed by atoms with Gasteiger partial charge >= 0.3 is 0 Å². The highest BCUT2D eigenvalue weighted by molar-refractivity contribution is 7.92. The molecule has 2 aromatic carbocycles. The van der Waals surface area contributed by atoms with Gasteiger partial charge in [0.15, 0.2) is 0 Å². The molecule has 1 fully saturated rings. The van der Waals surface area contributed by atoms with Crippen LogP contribution in [0.4, 0.5) is 23.1 Å². The molecule has 3 aromatic rings. The Labute approximate surface area is 181 Å². The van der Waals surface area contributed by atoms with E-state index in [4.69, 9.17) is 5.26 Å². The number of nitrogens with one attached hydrogen (secondary N) is 2. The Hall–Kier alpha value is -3.64. The van der Waals surface area contributed by atoms with Gasteiger partial charge in [-0.3, -0.25) is 4.72 Å². The maximum absolute atomic E-state index is 12.7. The third-order valence-corrected chi connectivity index (χ3v) is 6.38. The summed E-state index contributed by atoms with van der Waals surface area (Å²) in [4.78, 5) is 11.3. The van der Waals surface area contributed by atoms with E-state index >= 15 is 0 Å². The number of sulfonamides is 1. The first kappa shape index (κ1) is 20.6. The van der Waals surface area contributed by atoms with Crippen molar-refractivity contribution < 1.29 is 8.42 Å². The molecule has 0 bridgehead atoms. The lowest BCUT2D eigenvalue weighted by Crippen LogP contribution is -2.21. The predicted octanol–water partition coefficient (Wildman–Crippen LogP) is 3.80. The molecule has 0 atom stereocenters. The molecule has 0 saturated carbocycles. The molecule has 4 rings (SSSR count). The molecule has 1 aliphatic heterocycles. The second kappa shape index (κ2) is 8.62. The van der Waals surface area contributed by atoms with Crippen molar-refractivity contribution in [3.8, 4) is 6.07 Å². The first-order valence-electron chi connectivity index (χ1n) is 9.94. The Balaban J connectivity index is 1.49. The molecule has 31 heavy (non-hydrogen) atoms. The van der Waals surface area contributed by atoms with Crippen molar-refractivity contribution in [1.82, 2.24) is 9.97 Å². The third kappa shape index (κ3) is 4.75. The van der Waals surface area contributed by atoms with Crippen molar-refractivity contribution in [3.63, 3.8) is 0 Å². The lowest BCUT2D eigenvalue weighted by atomic mass is 10.2. The standard InChI is InChI=1S/C22H22N6O2S/c1-16-14-21(26-22(24-16)28-12-4-5-13-28)25-18-8-10-19(11-9-18)27-31(29,30)20-7-3-2-6-17(20)15-23/h2-3,6-11,14,27H,4-5,12-13H2,1H3,(H,24,25,26). The summed E-state index contributed by atoms with van der Waals surface area (Å²) in [7, 11) is -3.87. The monoisotopic (exact) mass is 434 g/mol. The number of aryl methyl sites for hydroxylation is 1. The number of hydrogen-bond acceptors (Lipinski definition) is 7. The summed E-state index contributed by atoms with van der Waals surface area (Å²) in [5, 5.41) is 12.4. The zero-order valence-electron chi connectivity index (χ0n) is 17.0. The van der Waals surface area contributed by atoms with Crippen LogP contribution < -0.4 is 14.9 Å². The largest absolute Gasteiger partial charge is 0.341 e. The van der Waals surface area contributed by atoms with Gasteiger partial charge < -0.3 is 10.2 Å². The molecule has 1 saturated heterocycles. The maximum atomic E-state index is 12.7. The normalized spacial score (nSPS) is 13.6. The van der Waals surface area contributed by atoms with Gasteiger partial charge in [0.25, 0.3) is 10.0 Å². The summed E-state index contributed by atoms with van der Waals surface area (Å²) in [5.41, 5.74) is 2.14. The first-order valence-corrected chi connectivity index (χ1v) is 11.4. The van der Waals surface area contributed by atoms with E-state index in [2.05, 4.69) is 24.9 Å². The van der Waals surface area contributed by atoms with Gasteiger partial charge in [0.2, 0.25) is 5.95 Å². The minimum absolute atomic E-state index is 0.0504. The van der Waals surface area contributed by atoms with Crippen LogP contribution in [0.3, 0.4) is 0 Å². The number of hydrogen-bond donors (Lipinski definition) is 2. The van der Waals surface area contributed by atoms with Crippen LogP contribution in [-0.4, -0.2) is 31.5 Å². The van der Waals surface area contributed by atoms with Gasteiger partial charge in [-0.1, -0.05) is 12.1 Å². The second-order valence-electron chi connectivity index (χ2n) is 7.30. The Morgan fingerprint density at radius 2 is 1.68 bits per heavy atom. The van der Waals surface area contributed by atoms with Gasteiger partial charge in [0.05, 0.1) is 5.56 Å². The number of aromatic nitrogens is 2. The molecule has 0 unspecified atom stereocenters. The zero-order valence-corrected chi connectivity index (χ0v) is 17.9. The Morgan fingerprint density at radius 1 is 1.00 bits per heavy atom. The van der Waals surface area contributed by atoms with E-state index in [-0.39, 0.29) is 10.5 Å². The maximum Gasteiger partial charge on any atom is 0.263 e. The summed E-state index contributed by atoms with van der Waals surface area (Å²) in [6.07, 6.45) is 2.30. The van der Waals surface area contributed by atoms with E-state index in [0.717, 1.165) is 43.3 Å². The zero-order chi connectivity index (χ0) is 21.8. The van der Waals surface area contributed by atoms with Crippen LogP contribution in [0.1, 0.15) is 24.1 Å². The molecular formula is C22H22N6O2S. The lowest BCUT2D eigenvalue weighted by molar-refractivity contribution is 0.601. The Bertz CT molecular complexity index is 1230.